The molecule has 214 valence electrons. The summed E-state index contributed by atoms with van der Waals surface area (Å²) in [6, 6.07) is 26.1. The lowest BCUT2D eigenvalue weighted by Gasteiger charge is -2.10. The van der Waals surface area contributed by atoms with Crippen molar-refractivity contribution in [2.45, 2.75) is 52.5 Å². The standard InChI is InChI=1S/C35H40N2O4/c1-4-40-34(38)15-9-21-37-24-32(26(2)3)33(25-37)35(39)29-13-8-14-30(23-29)36-20-10-22-41-31-18-16-28(17-19-31)27-11-6-5-7-12-27/h5-8,11-14,16-19,23-26,36H,4,9-10,15,20-22H2,1-3H3. The molecule has 4 rings (SSSR count). The molecule has 0 atom stereocenters. The van der Waals surface area contributed by atoms with Crippen molar-refractivity contribution in [3.8, 4) is 16.9 Å². The van der Waals surface area contributed by atoms with Crippen LogP contribution < -0.4 is 10.1 Å². The Morgan fingerprint density at radius 1 is 0.878 bits per heavy atom. The van der Waals surface area contributed by atoms with Crippen LogP contribution in [0.2, 0.25) is 0 Å². The highest BCUT2D eigenvalue weighted by Crippen LogP contribution is 2.25. The summed E-state index contributed by atoms with van der Waals surface area (Å²) in [4.78, 5) is 25.2. The zero-order chi connectivity index (χ0) is 29.0. The molecule has 41 heavy (non-hydrogen) atoms. The minimum Gasteiger partial charge on any atom is -0.494 e. The number of nitrogens with one attached hydrogen (secondary N) is 1. The van der Waals surface area contributed by atoms with Crippen LogP contribution in [-0.4, -0.2) is 36.1 Å². The van der Waals surface area contributed by atoms with Gasteiger partial charge in [-0.15, -0.1) is 0 Å². The van der Waals surface area contributed by atoms with Crippen molar-refractivity contribution in [2.75, 3.05) is 25.1 Å². The monoisotopic (exact) mass is 552 g/mol. The molecule has 0 radical (unpaired) electrons. The van der Waals surface area contributed by atoms with E-state index in [2.05, 4.69) is 43.4 Å². The van der Waals surface area contributed by atoms with E-state index in [0.29, 0.717) is 43.7 Å². The highest BCUT2D eigenvalue weighted by Gasteiger charge is 2.19. The average Bonchev–Trinajstić information content (AvgIpc) is 3.42. The summed E-state index contributed by atoms with van der Waals surface area (Å²) < 4.78 is 13.0. The predicted octanol–water partition coefficient (Wildman–Crippen LogP) is 7.73. The lowest BCUT2D eigenvalue weighted by atomic mass is 9.96. The molecule has 3 aromatic carbocycles. The van der Waals surface area contributed by atoms with Gasteiger partial charge in [-0.2, -0.15) is 0 Å². The molecule has 6 heteroatoms. The Bertz CT molecular complexity index is 1410. The van der Waals surface area contributed by atoms with Gasteiger partial charge in [0, 0.05) is 48.7 Å². The van der Waals surface area contributed by atoms with Gasteiger partial charge in [-0.1, -0.05) is 68.4 Å². The maximum atomic E-state index is 13.5. The maximum absolute atomic E-state index is 13.5. The van der Waals surface area contributed by atoms with Gasteiger partial charge in [0.25, 0.3) is 0 Å². The number of aryl methyl sites for hydroxylation is 1. The van der Waals surface area contributed by atoms with Gasteiger partial charge in [-0.25, -0.2) is 0 Å². The van der Waals surface area contributed by atoms with Gasteiger partial charge in [-0.3, -0.25) is 9.59 Å². The van der Waals surface area contributed by atoms with Crippen LogP contribution in [0.15, 0.2) is 91.3 Å². The molecular formula is C35H40N2O4. The van der Waals surface area contributed by atoms with E-state index < -0.39 is 0 Å². The van der Waals surface area contributed by atoms with Crippen molar-refractivity contribution in [3.05, 3.63) is 108 Å². The first-order valence-corrected chi connectivity index (χ1v) is 14.5. The van der Waals surface area contributed by atoms with Gasteiger partial charge in [0.2, 0.25) is 0 Å². The van der Waals surface area contributed by atoms with E-state index in [9.17, 15) is 9.59 Å². The molecule has 0 aliphatic carbocycles. The van der Waals surface area contributed by atoms with Gasteiger partial charge < -0.3 is 19.4 Å². The van der Waals surface area contributed by atoms with E-state index in [1.807, 2.05) is 78.5 Å². The van der Waals surface area contributed by atoms with Crippen LogP contribution in [0.25, 0.3) is 11.1 Å². The zero-order valence-corrected chi connectivity index (χ0v) is 24.3. The summed E-state index contributed by atoms with van der Waals surface area (Å²) in [7, 11) is 0. The highest BCUT2D eigenvalue weighted by atomic mass is 16.5. The SMILES string of the molecule is CCOC(=O)CCCn1cc(C(=O)c2cccc(NCCCOc3ccc(-c4ccccc4)cc3)c2)c(C(C)C)c1. The second-order valence-electron chi connectivity index (χ2n) is 10.4. The van der Waals surface area contributed by atoms with Crippen molar-refractivity contribution in [3.63, 3.8) is 0 Å². The number of hydrogen-bond acceptors (Lipinski definition) is 5. The van der Waals surface area contributed by atoms with Crippen molar-refractivity contribution >= 4 is 17.4 Å². The third-order valence-electron chi connectivity index (χ3n) is 6.89. The first-order chi connectivity index (χ1) is 19.9. The summed E-state index contributed by atoms with van der Waals surface area (Å²) >= 11 is 0. The van der Waals surface area contributed by atoms with Gasteiger partial charge in [0.05, 0.1) is 13.2 Å². The Labute approximate surface area is 243 Å². The van der Waals surface area contributed by atoms with Crippen molar-refractivity contribution in [2.24, 2.45) is 0 Å². The van der Waals surface area contributed by atoms with Crippen molar-refractivity contribution < 1.29 is 19.1 Å². The molecule has 0 aliphatic rings. The number of carbonyl (C=O) groups is 2. The molecule has 1 N–H and O–H groups in total. The Morgan fingerprint density at radius 2 is 1.63 bits per heavy atom. The number of ether oxygens (including phenoxy) is 2. The molecule has 0 spiro atoms. The van der Waals surface area contributed by atoms with Gasteiger partial charge in [0.1, 0.15) is 5.75 Å². The zero-order valence-electron chi connectivity index (χ0n) is 24.3. The Kier molecular flexibility index (Phi) is 10.8. The Balaban J connectivity index is 1.28. The van der Waals surface area contributed by atoms with Gasteiger partial charge in [0.15, 0.2) is 5.78 Å². The van der Waals surface area contributed by atoms with Crippen LogP contribution in [0.4, 0.5) is 5.69 Å². The number of rotatable bonds is 15. The molecule has 0 saturated carbocycles. The Hall–Kier alpha value is -4.32. The second-order valence-corrected chi connectivity index (χ2v) is 10.4. The van der Waals surface area contributed by atoms with Crippen LogP contribution in [0.5, 0.6) is 5.75 Å². The largest absolute Gasteiger partial charge is 0.494 e. The third-order valence-corrected chi connectivity index (χ3v) is 6.89. The lowest BCUT2D eigenvalue weighted by Crippen LogP contribution is -2.09. The van der Waals surface area contributed by atoms with Crippen LogP contribution in [-0.2, 0) is 16.1 Å². The van der Waals surface area contributed by atoms with Crippen LogP contribution in [0, 0.1) is 0 Å². The summed E-state index contributed by atoms with van der Waals surface area (Å²) in [5.41, 5.74) is 5.63. The normalized spacial score (nSPS) is 10.9. The molecule has 4 aromatic rings. The number of hydrogen-bond donors (Lipinski definition) is 1. The highest BCUT2D eigenvalue weighted by molar-refractivity contribution is 6.10. The molecule has 6 nitrogen and oxygen atoms in total. The summed E-state index contributed by atoms with van der Waals surface area (Å²) in [5, 5.41) is 3.42. The minimum absolute atomic E-state index is 0.00350. The number of nitrogens with zero attached hydrogens (tertiary/aromatic N) is 1. The minimum atomic E-state index is -0.187. The van der Waals surface area contributed by atoms with Gasteiger partial charge >= 0.3 is 5.97 Å². The predicted molar refractivity (Wildman–Crippen MR) is 165 cm³/mol. The fourth-order valence-electron chi connectivity index (χ4n) is 4.74. The topological polar surface area (TPSA) is 69.6 Å². The molecule has 1 heterocycles. The van der Waals surface area contributed by atoms with E-state index in [1.165, 1.54) is 11.1 Å². The maximum Gasteiger partial charge on any atom is 0.305 e. The smallest absolute Gasteiger partial charge is 0.305 e. The van der Waals surface area contributed by atoms with Crippen LogP contribution in [0.3, 0.4) is 0 Å². The molecule has 1 aromatic heterocycles. The Morgan fingerprint density at radius 3 is 2.37 bits per heavy atom. The fraction of sp³-hybridized carbons (Fsp3) is 0.314. The molecule has 0 fully saturated rings. The molecular weight excluding hydrogens is 512 g/mol. The second kappa shape index (κ2) is 14.9. The molecule has 0 bridgehead atoms. The van der Waals surface area contributed by atoms with E-state index in [-0.39, 0.29) is 17.7 Å². The summed E-state index contributed by atoms with van der Waals surface area (Å²) in [5.74, 6) is 0.874. The number of aromatic nitrogens is 1. The fourth-order valence-corrected chi connectivity index (χ4v) is 4.74. The van der Waals surface area contributed by atoms with Crippen LogP contribution >= 0.6 is 0 Å². The number of ketones is 1. The molecule has 0 saturated heterocycles. The van der Waals surface area contributed by atoms with E-state index >= 15 is 0 Å². The molecule has 0 aliphatic heterocycles. The number of carbonyl (C=O) groups excluding carboxylic acids is 2. The lowest BCUT2D eigenvalue weighted by molar-refractivity contribution is -0.143. The summed E-state index contributed by atoms with van der Waals surface area (Å²) in [6.07, 6.45) is 5.80. The molecule has 0 amide bonds. The van der Waals surface area contributed by atoms with E-state index in [1.54, 1.807) is 0 Å². The first kappa shape index (κ1) is 29.7. The number of esters is 1. The quantitative estimate of drug-likeness (QED) is 0.0928. The van der Waals surface area contributed by atoms with Crippen molar-refractivity contribution in [1.82, 2.24) is 4.57 Å². The van der Waals surface area contributed by atoms with Crippen molar-refractivity contribution in [1.29, 1.82) is 0 Å². The van der Waals surface area contributed by atoms with Crippen LogP contribution in [0.1, 0.15) is 67.4 Å². The third kappa shape index (κ3) is 8.58. The number of benzene rings is 3. The average molecular weight is 553 g/mol. The first-order valence-electron chi connectivity index (χ1n) is 14.5. The van der Waals surface area contributed by atoms with E-state index in [4.69, 9.17) is 9.47 Å². The summed E-state index contributed by atoms with van der Waals surface area (Å²) in [6.45, 7) is 8.37. The van der Waals surface area contributed by atoms with Gasteiger partial charge in [-0.05, 0) is 66.6 Å². The number of anilines is 1. The van der Waals surface area contributed by atoms with E-state index in [0.717, 1.165) is 30.0 Å². The molecule has 0 unspecified atom stereocenters.